The molecule has 0 saturated carbocycles. The van der Waals surface area contributed by atoms with Gasteiger partial charge in [0, 0.05) is 18.0 Å². The molecule has 2 heterocycles. The van der Waals surface area contributed by atoms with E-state index in [0.717, 1.165) is 59.4 Å². The molecular weight excluding hydrogens is 346 g/mol. The van der Waals surface area contributed by atoms with E-state index in [2.05, 4.69) is 47.1 Å². The fraction of sp³-hybridized carbons (Fsp3) is 0.208. The second-order valence-electron chi connectivity index (χ2n) is 7.11. The Bertz CT molecular complexity index is 1050. The zero-order valence-electron chi connectivity index (χ0n) is 15.9. The van der Waals surface area contributed by atoms with Crippen molar-refractivity contribution in [1.82, 2.24) is 9.38 Å². The Hall–Kier alpha value is -2.95. The first kappa shape index (κ1) is 18.4. The van der Waals surface area contributed by atoms with Gasteiger partial charge in [-0.25, -0.2) is 4.98 Å². The molecule has 2 aromatic heterocycles. The summed E-state index contributed by atoms with van der Waals surface area (Å²) in [7, 11) is 0. The third-order valence-corrected chi connectivity index (χ3v) is 5.09. The molecule has 28 heavy (non-hydrogen) atoms. The number of aliphatic hydroxyl groups excluding tert-OH is 1. The first-order valence-electron chi connectivity index (χ1n) is 9.75. The Balaban J connectivity index is 1.57. The average Bonchev–Trinajstić information content (AvgIpc) is 3.18. The van der Waals surface area contributed by atoms with Crippen molar-refractivity contribution in [2.24, 2.45) is 5.73 Å². The second kappa shape index (κ2) is 8.38. The van der Waals surface area contributed by atoms with Crippen LogP contribution in [0.1, 0.15) is 24.0 Å². The summed E-state index contributed by atoms with van der Waals surface area (Å²) in [6.07, 6.45) is 7.44. The van der Waals surface area contributed by atoms with Crippen molar-refractivity contribution in [3.63, 3.8) is 0 Å². The van der Waals surface area contributed by atoms with E-state index >= 15 is 0 Å². The maximum atomic E-state index is 9.21. The van der Waals surface area contributed by atoms with Gasteiger partial charge in [0.2, 0.25) is 0 Å². The van der Waals surface area contributed by atoms with E-state index in [-0.39, 0.29) is 6.61 Å². The van der Waals surface area contributed by atoms with Crippen molar-refractivity contribution < 1.29 is 5.11 Å². The third kappa shape index (κ3) is 3.98. The van der Waals surface area contributed by atoms with Crippen molar-refractivity contribution in [2.75, 3.05) is 6.54 Å². The van der Waals surface area contributed by atoms with Crippen molar-refractivity contribution in [2.45, 2.75) is 25.9 Å². The molecule has 0 spiro atoms. The maximum Gasteiger partial charge on any atom is 0.137 e. The minimum absolute atomic E-state index is 0.0655. The minimum atomic E-state index is 0.0655. The highest BCUT2D eigenvalue weighted by Gasteiger charge is 2.06. The lowest BCUT2D eigenvalue weighted by Gasteiger charge is -2.04. The topological polar surface area (TPSA) is 63.5 Å². The van der Waals surface area contributed by atoms with Crippen LogP contribution < -0.4 is 5.73 Å². The molecule has 0 saturated heterocycles. The van der Waals surface area contributed by atoms with Gasteiger partial charge in [-0.2, -0.15) is 0 Å². The van der Waals surface area contributed by atoms with E-state index in [1.54, 1.807) is 0 Å². The van der Waals surface area contributed by atoms with Gasteiger partial charge in [-0.05, 0) is 60.2 Å². The first-order chi connectivity index (χ1) is 13.8. The summed E-state index contributed by atoms with van der Waals surface area (Å²) in [5.41, 5.74) is 13.1. The molecule has 0 atom stereocenters. The largest absolute Gasteiger partial charge is 0.392 e. The molecule has 2 aromatic carbocycles. The van der Waals surface area contributed by atoms with Crippen molar-refractivity contribution in [3.05, 3.63) is 84.2 Å². The number of nitrogens with two attached hydrogens (primary N) is 1. The van der Waals surface area contributed by atoms with Crippen LogP contribution in [0, 0.1) is 0 Å². The van der Waals surface area contributed by atoms with Crippen LogP contribution >= 0.6 is 0 Å². The highest BCUT2D eigenvalue weighted by Crippen LogP contribution is 2.24. The van der Waals surface area contributed by atoms with Crippen LogP contribution in [0.3, 0.4) is 0 Å². The molecule has 0 fully saturated rings. The molecule has 0 aliphatic carbocycles. The van der Waals surface area contributed by atoms with Gasteiger partial charge in [0.25, 0.3) is 0 Å². The van der Waals surface area contributed by atoms with Crippen LogP contribution in [0.25, 0.3) is 28.0 Å². The summed E-state index contributed by atoms with van der Waals surface area (Å²) in [4.78, 5) is 4.76. The Morgan fingerprint density at radius 2 is 1.43 bits per heavy atom. The Labute approximate surface area is 165 Å². The standard InChI is InChI=1S/C24H25N3O/c25-14-2-1-3-18-4-10-21(11-5-18)23-16-27-15-22(12-13-24(27)26-23)20-8-6-19(17-28)7-9-20/h4-13,15-16,28H,1-3,14,17,25H2. The normalized spacial score (nSPS) is 11.2. The molecule has 0 radical (unpaired) electrons. The summed E-state index contributed by atoms with van der Waals surface area (Å²) in [6, 6.07) is 20.8. The summed E-state index contributed by atoms with van der Waals surface area (Å²) < 4.78 is 2.07. The quantitative estimate of drug-likeness (QED) is 0.472. The van der Waals surface area contributed by atoms with Crippen molar-refractivity contribution in [1.29, 1.82) is 0 Å². The molecule has 142 valence electrons. The lowest BCUT2D eigenvalue weighted by Crippen LogP contribution is -1.98. The maximum absolute atomic E-state index is 9.21. The van der Waals surface area contributed by atoms with Crippen LogP contribution in [0.2, 0.25) is 0 Å². The number of rotatable bonds is 7. The first-order valence-corrected chi connectivity index (χ1v) is 9.75. The molecule has 4 nitrogen and oxygen atoms in total. The lowest BCUT2D eigenvalue weighted by molar-refractivity contribution is 0.282. The predicted molar refractivity (Wildman–Crippen MR) is 114 cm³/mol. The number of aromatic nitrogens is 2. The van der Waals surface area contributed by atoms with E-state index in [1.807, 2.05) is 30.3 Å². The van der Waals surface area contributed by atoms with E-state index in [0.29, 0.717) is 0 Å². The van der Waals surface area contributed by atoms with Gasteiger partial charge in [0.15, 0.2) is 0 Å². The van der Waals surface area contributed by atoms with E-state index < -0.39 is 0 Å². The number of aliphatic hydroxyl groups is 1. The molecule has 3 N–H and O–H groups in total. The number of fused-ring (bicyclic) bond motifs is 1. The van der Waals surface area contributed by atoms with Gasteiger partial charge in [-0.3, -0.25) is 0 Å². The molecule has 0 aliphatic heterocycles. The van der Waals surface area contributed by atoms with E-state index in [1.165, 1.54) is 5.56 Å². The molecule has 0 amide bonds. The molecule has 0 bridgehead atoms. The van der Waals surface area contributed by atoms with Gasteiger partial charge in [-0.1, -0.05) is 48.5 Å². The summed E-state index contributed by atoms with van der Waals surface area (Å²) in [6.45, 7) is 0.822. The van der Waals surface area contributed by atoms with Gasteiger partial charge in [0.1, 0.15) is 5.65 Å². The van der Waals surface area contributed by atoms with Crippen molar-refractivity contribution in [3.8, 4) is 22.4 Å². The third-order valence-electron chi connectivity index (χ3n) is 5.09. The molecule has 0 aliphatic rings. The monoisotopic (exact) mass is 371 g/mol. The predicted octanol–water partition coefficient (Wildman–Crippen LogP) is 4.44. The van der Waals surface area contributed by atoms with Crippen LogP contribution in [-0.4, -0.2) is 21.0 Å². The fourth-order valence-electron chi connectivity index (χ4n) is 3.42. The number of aryl methyl sites for hydroxylation is 1. The Kier molecular flexibility index (Phi) is 5.51. The van der Waals surface area contributed by atoms with Gasteiger partial charge in [0.05, 0.1) is 12.3 Å². The van der Waals surface area contributed by atoms with Crippen LogP contribution in [0.5, 0.6) is 0 Å². The number of benzene rings is 2. The smallest absolute Gasteiger partial charge is 0.137 e. The van der Waals surface area contributed by atoms with Crippen LogP contribution in [0.4, 0.5) is 0 Å². The van der Waals surface area contributed by atoms with Gasteiger partial charge >= 0.3 is 0 Å². The number of pyridine rings is 1. The SMILES string of the molecule is NCCCCc1ccc(-c2cn3cc(-c4ccc(CO)cc4)ccc3n2)cc1. The van der Waals surface area contributed by atoms with Crippen LogP contribution in [0.15, 0.2) is 73.1 Å². The van der Waals surface area contributed by atoms with E-state index in [4.69, 9.17) is 10.7 Å². The Morgan fingerprint density at radius 3 is 2.14 bits per heavy atom. The highest BCUT2D eigenvalue weighted by molar-refractivity contribution is 5.68. The molecule has 4 aromatic rings. The zero-order chi connectivity index (χ0) is 19.3. The summed E-state index contributed by atoms with van der Waals surface area (Å²) in [5.74, 6) is 0. The number of nitrogens with zero attached hydrogens (tertiary/aromatic N) is 2. The second-order valence-corrected chi connectivity index (χ2v) is 7.11. The number of hydrogen-bond donors (Lipinski definition) is 2. The molecular formula is C24H25N3O. The molecule has 4 rings (SSSR count). The highest BCUT2D eigenvalue weighted by atomic mass is 16.3. The lowest BCUT2D eigenvalue weighted by atomic mass is 10.1. The van der Waals surface area contributed by atoms with Crippen LogP contribution in [-0.2, 0) is 13.0 Å². The van der Waals surface area contributed by atoms with E-state index in [9.17, 15) is 5.11 Å². The van der Waals surface area contributed by atoms with Gasteiger partial charge < -0.3 is 15.2 Å². The van der Waals surface area contributed by atoms with Gasteiger partial charge in [-0.15, -0.1) is 0 Å². The molecule has 0 unspecified atom stereocenters. The van der Waals surface area contributed by atoms with Crippen molar-refractivity contribution >= 4 is 5.65 Å². The molecule has 4 heteroatoms. The number of hydrogen-bond acceptors (Lipinski definition) is 3. The summed E-state index contributed by atoms with van der Waals surface area (Å²) >= 11 is 0. The fourth-order valence-corrected chi connectivity index (χ4v) is 3.42. The number of imidazole rings is 1. The Morgan fingerprint density at radius 1 is 0.750 bits per heavy atom. The summed E-state index contributed by atoms with van der Waals surface area (Å²) in [5, 5.41) is 9.21. The minimum Gasteiger partial charge on any atom is -0.392 e. The zero-order valence-corrected chi connectivity index (χ0v) is 15.9. The number of unbranched alkanes of at least 4 members (excludes halogenated alkanes) is 1. The average molecular weight is 371 g/mol.